The summed E-state index contributed by atoms with van der Waals surface area (Å²) in [5.41, 5.74) is -1.86. The van der Waals surface area contributed by atoms with Gasteiger partial charge in [0.05, 0.1) is 5.92 Å². The molecule has 0 aromatic carbocycles. The highest BCUT2D eigenvalue weighted by Crippen LogP contribution is 2.47. The molecule has 0 bridgehead atoms. The van der Waals surface area contributed by atoms with Crippen LogP contribution in [-0.2, 0) is 14.2 Å². The van der Waals surface area contributed by atoms with Gasteiger partial charge < -0.3 is 14.9 Å². The van der Waals surface area contributed by atoms with Crippen LogP contribution in [0.2, 0.25) is 0 Å². The van der Waals surface area contributed by atoms with Gasteiger partial charge in [-0.1, -0.05) is 13.3 Å². The Morgan fingerprint density at radius 3 is 2.07 bits per heavy atom. The summed E-state index contributed by atoms with van der Waals surface area (Å²) in [4.78, 5) is 39.4. The molecule has 0 aromatic heterocycles. The molecule has 0 saturated carbocycles. The highest BCUT2D eigenvalue weighted by atomic mass is 32.1. The molecule has 15 heavy (non-hydrogen) atoms. The fourth-order valence-electron chi connectivity index (χ4n) is 1.28. The Hall–Kier alpha value is -0.360. The molecule has 0 amide bonds. The maximum Gasteiger partial charge on any atom is 0.337 e. The third-order valence-electron chi connectivity index (χ3n) is 1.91. The molecular formula is C7H13O6PS. The van der Waals surface area contributed by atoms with Crippen molar-refractivity contribution in [3.63, 3.8) is 0 Å². The minimum Gasteiger partial charge on any atom is -0.481 e. The highest BCUT2D eigenvalue weighted by molar-refractivity contribution is 7.97. The standard InChI is InChI=1S/C7H13O6PS/c1-2-3-4(6(8)9)5(7(10)15)14(11,12)13/h4-5H,2-3H2,1H3,(H,8,9)(H,10,15)(H2,11,12,13). The zero-order valence-corrected chi connectivity index (χ0v) is 9.82. The summed E-state index contributed by atoms with van der Waals surface area (Å²) >= 11 is 3.32. The molecule has 0 rings (SSSR count). The number of hydrogen-bond acceptors (Lipinski definition) is 3. The Bertz CT molecular complexity index is 298. The summed E-state index contributed by atoms with van der Waals surface area (Å²) in [6.45, 7) is 1.66. The van der Waals surface area contributed by atoms with E-state index in [4.69, 9.17) is 14.9 Å². The second-order valence-electron chi connectivity index (χ2n) is 3.11. The van der Waals surface area contributed by atoms with Crippen LogP contribution in [0.5, 0.6) is 0 Å². The zero-order valence-electron chi connectivity index (χ0n) is 8.03. The maximum absolute atomic E-state index is 11.0. The minimum absolute atomic E-state index is 0.0252. The van der Waals surface area contributed by atoms with Crippen molar-refractivity contribution in [2.75, 3.05) is 0 Å². The quantitative estimate of drug-likeness (QED) is 0.406. The predicted molar refractivity (Wildman–Crippen MR) is 55.9 cm³/mol. The van der Waals surface area contributed by atoms with Crippen LogP contribution in [0.25, 0.3) is 0 Å². The van der Waals surface area contributed by atoms with E-state index in [2.05, 4.69) is 12.6 Å². The number of carbonyl (C=O) groups is 2. The fraction of sp³-hybridized carbons (Fsp3) is 0.714. The van der Waals surface area contributed by atoms with Crippen LogP contribution in [0.15, 0.2) is 0 Å². The third kappa shape index (κ3) is 4.34. The summed E-state index contributed by atoms with van der Waals surface area (Å²) in [5.74, 6) is -2.78. The number of carbonyl (C=O) groups excluding carboxylic acids is 1. The molecule has 2 atom stereocenters. The maximum atomic E-state index is 11.0. The lowest BCUT2D eigenvalue weighted by Crippen LogP contribution is -2.32. The first kappa shape index (κ1) is 14.6. The lowest BCUT2D eigenvalue weighted by molar-refractivity contribution is -0.143. The number of thiol groups is 1. The van der Waals surface area contributed by atoms with Crippen molar-refractivity contribution in [2.45, 2.75) is 25.4 Å². The van der Waals surface area contributed by atoms with Crippen molar-refractivity contribution < 1.29 is 29.0 Å². The molecule has 0 heterocycles. The summed E-state index contributed by atoms with van der Waals surface area (Å²) in [6, 6.07) is 0. The zero-order chi connectivity index (χ0) is 12.2. The molecule has 3 N–H and O–H groups in total. The van der Waals surface area contributed by atoms with Gasteiger partial charge in [-0.05, 0) is 6.42 Å². The van der Waals surface area contributed by atoms with Gasteiger partial charge in [-0.2, -0.15) is 0 Å². The van der Waals surface area contributed by atoms with Crippen molar-refractivity contribution in [3.8, 4) is 0 Å². The Balaban J connectivity index is 5.11. The topological polar surface area (TPSA) is 112 Å². The van der Waals surface area contributed by atoms with Crippen LogP contribution in [-0.4, -0.2) is 31.6 Å². The predicted octanol–water partition coefficient (Wildman–Crippen LogP) is 0.490. The smallest absolute Gasteiger partial charge is 0.337 e. The van der Waals surface area contributed by atoms with Crippen molar-refractivity contribution >= 4 is 31.3 Å². The third-order valence-corrected chi connectivity index (χ3v) is 3.71. The van der Waals surface area contributed by atoms with E-state index in [0.717, 1.165) is 0 Å². The Labute approximate surface area is 92.3 Å². The Morgan fingerprint density at radius 2 is 1.87 bits per heavy atom. The molecule has 0 aliphatic carbocycles. The van der Waals surface area contributed by atoms with Crippen molar-refractivity contribution in [1.82, 2.24) is 0 Å². The molecule has 0 aliphatic heterocycles. The van der Waals surface area contributed by atoms with Gasteiger partial charge in [0, 0.05) is 0 Å². The summed E-state index contributed by atoms with van der Waals surface area (Å²) in [6.07, 6.45) is 0.436. The van der Waals surface area contributed by atoms with Crippen molar-refractivity contribution in [1.29, 1.82) is 0 Å². The Morgan fingerprint density at radius 1 is 1.40 bits per heavy atom. The van der Waals surface area contributed by atoms with E-state index in [0.29, 0.717) is 6.42 Å². The van der Waals surface area contributed by atoms with E-state index in [9.17, 15) is 14.2 Å². The minimum atomic E-state index is -4.78. The SMILES string of the molecule is CCCC(C(=O)O)C(C(=O)S)P(=O)(O)O. The number of carboxylic acids is 1. The van der Waals surface area contributed by atoms with E-state index in [1.54, 1.807) is 6.92 Å². The van der Waals surface area contributed by atoms with Gasteiger partial charge >= 0.3 is 13.6 Å². The van der Waals surface area contributed by atoms with E-state index in [1.165, 1.54) is 0 Å². The molecule has 2 unspecified atom stereocenters. The van der Waals surface area contributed by atoms with Crippen molar-refractivity contribution in [2.24, 2.45) is 5.92 Å². The average Bonchev–Trinajstić information content (AvgIpc) is 1.99. The molecule has 0 aromatic rings. The van der Waals surface area contributed by atoms with E-state index < -0.39 is 30.3 Å². The molecule has 88 valence electrons. The lowest BCUT2D eigenvalue weighted by Gasteiger charge is -2.21. The van der Waals surface area contributed by atoms with E-state index >= 15 is 0 Å². The summed E-state index contributed by atoms with van der Waals surface area (Å²) in [7, 11) is -4.78. The van der Waals surface area contributed by atoms with Crippen LogP contribution in [0.3, 0.4) is 0 Å². The average molecular weight is 256 g/mol. The molecule has 8 heteroatoms. The monoisotopic (exact) mass is 256 g/mol. The van der Waals surface area contributed by atoms with Gasteiger partial charge in [-0.25, -0.2) is 0 Å². The lowest BCUT2D eigenvalue weighted by atomic mass is 10.0. The van der Waals surface area contributed by atoms with Crippen molar-refractivity contribution in [3.05, 3.63) is 0 Å². The van der Waals surface area contributed by atoms with Gasteiger partial charge in [-0.15, -0.1) is 12.6 Å². The number of rotatable bonds is 6. The highest BCUT2D eigenvalue weighted by Gasteiger charge is 2.43. The first-order valence-corrected chi connectivity index (χ1v) is 6.35. The van der Waals surface area contributed by atoms with Gasteiger partial charge in [0.2, 0.25) is 5.12 Å². The largest absolute Gasteiger partial charge is 0.481 e. The van der Waals surface area contributed by atoms with Gasteiger partial charge in [-0.3, -0.25) is 14.2 Å². The molecule has 0 radical (unpaired) electrons. The second-order valence-corrected chi connectivity index (χ2v) is 5.28. The molecule has 0 aliphatic rings. The first-order chi connectivity index (χ1) is 6.71. The summed E-state index contributed by atoms with van der Waals surface area (Å²) in [5, 5.41) is 7.66. The Kier molecular flexibility index (Phi) is 5.51. The van der Waals surface area contributed by atoms with Crippen LogP contribution in [0, 0.1) is 5.92 Å². The molecule has 6 nitrogen and oxygen atoms in total. The van der Waals surface area contributed by atoms with Crippen LogP contribution in [0.4, 0.5) is 0 Å². The van der Waals surface area contributed by atoms with E-state index in [1.807, 2.05) is 0 Å². The van der Waals surface area contributed by atoms with Crippen LogP contribution >= 0.6 is 20.2 Å². The molecule has 0 spiro atoms. The number of aliphatic carboxylic acids is 1. The molecular weight excluding hydrogens is 243 g/mol. The van der Waals surface area contributed by atoms with Gasteiger partial charge in [0.25, 0.3) is 0 Å². The molecule has 0 fully saturated rings. The van der Waals surface area contributed by atoms with Crippen LogP contribution in [0.1, 0.15) is 19.8 Å². The molecule has 0 saturated heterocycles. The first-order valence-electron chi connectivity index (χ1n) is 4.22. The second kappa shape index (κ2) is 5.65. The fourth-order valence-corrected chi connectivity index (χ4v) is 2.94. The number of carboxylic acid groups (broad SMARTS) is 1. The summed E-state index contributed by atoms with van der Waals surface area (Å²) < 4.78 is 11.0. The van der Waals surface area contributed by atoms with E-state index in [-0.39, 0.29) is 6.42 Å². The van der Waals surface area contributed by atoms with Crippen LogP contribution < -0.4 is 0 Å². The normalized spacial score (nSPS) is 15.7. The van der Waals surface area contributed by atoms with Gasteiger partial charge in [0.15, 0.2) is 0 Å². The van der Waals surface area contributed by atoms with Gasteiger partial charge in [0.1, 0.15) is 5.66 Å². The number of hydrogen-bond donors (Lipinski definition) is 4.